The van der Waals surface area contributed by atoms with E-state index in [1.807, 2.05) is 0 Å². The highest BCUT2D eigenvalue weighted by Crippen LogP contribution is 2.22. The third-order valence-electron chi connectivity index (χ3n) is 10.6. The van der Waals surface area contributed by atoms with Gasteiger partial charge in [0.2, 0.25) is 47.3 Å². The molecule has 7 atom stereocenters. The molecule has 0 spiro atoms. The number of β-amino-alcohol motifs (C(OH)–C–C–N with tert-alkyl or cyclic N) is 1. The van der Waals surface area contributed by atoms with Gasteiger partial charge in [0, 0.05) is 39.0 Å². The molecule has 61 heavy (non-hydrogen) atoms. The number of guanidine groups is 1. The summed E-state index contributed by atoms with van der Waals surface area (Å²) < 4.78 is 4.69. The van der Waals surface area contributed by atoms with Crippen molar-refractivity contribution in [3.05, 3.63) is 0 Å². The summed E-state index contributed by atoms with van der Waals surface area (Å²) in [5, 5.41) is 32.8. The number of nitrogens with zero attached hydrogens (tertiary/aromatic N) is 3. The lowest BCUT2D eigenvalue weighted by molar-refractivity contribution is -0.144. The molecule has 8 amide bonds. The summed E-state index contributed by atoms with van der Waals surface area (Å²) in [5.41, 5.74) is 10.9. The third kappa shape index (κ3) is 14.9. The molecule has 3 aliphatic rings. The van der Waals surface area contributed by atoms with E-state index in [1.165, 1.54) is 23.6 Å². The monoisotopic (exact) mass is 864 g/mol. The fourth-order valence-electron chi connectivity index (χ4n) is 7.36. The van der Waals surface area contributed by atoms with E-state index in [1.54, 1.807) is 0 Å². The van der Waals surface area contributed by atoms with E-state index in [2.05, 4.69) is 36.6 Å². The topological polar surface area (TPSA) is 358 Å². The van der Waals surface area contributed by atoms with Crippen LogP contribution < -0.4 is 43.4 Å². The molecule has 3 saturated heterocycles. The Kier molecular flexibility index (Phi) is 19.3. The van der Waals surface area contributed by atoms with Crippen molar-refractivity contribution in [3.8, 4) is 0 Å². The average molecular weight is 865 g/mol. The van der Waals surface area contributed by atoms with E-state index >= 15 is 0 Å². The number of carbonyl (C=O) groups excluding carboxylic acids is 10. The molecule has 3 fully saturated rings. The van der Waals surface area contributed by atoms with Crippen LogP contribution in [0.3, 0.4) is 0 Å². The van der Waals surface area contributed by atoms with E-state index in [-0.39, 0.29) is 69.9 Å². The number of carbonyl (C=O) groups is 10. The van der Waals surface area contributed by atoms with Gasteiger partial charge < -0.3 is 67.9 Å². The second-order valence-electron chi connectivity index (χ2n) is 15.2. The van der Waals surface area contributed by atoms with Crippen LogP contribution in [0, 0.1) is 5.41 Å². The molecule has 340 valence electrons. The number of nitrogens with one attached hydrogen (secondary N) is 7. The number of likely N-dealkylation sites (tertiary alicyclic amines) is 3. The first kappa shape index (κ1) is 49.5. The zero-order valence-electron chi connectivity index (χ0n) is 34.8. The highest BCUT2D eigenvalue weighted by Gasteiger charge is 2.42. The predicted molar refractivity (Wildman–Crippen MR) is 213 cm³/mol. The summed E-state index contributed by atoms with van der Waals surface area (Å²) >= 11 is 0. The highest BCUT2D eigenvalue weighted by molar-refractivity contribution is 5.97. The summed E-state index contributed by atoms with van der Waals surface area (Å²) in [7, 11) is 1.13. The number of methoxy groups -OCH3 is 1. The first-order valence-electron chi connectivity index (χ1n) is 20.3. The van der Waals surface area contributed by atoms with Crippen LogP contribution in [-0.4, -0.2) is 180 Å². The van der Waals surface area contributed by atoms with Crippen molar-refractivity contribution >= 4 is 65.0 Å². The number of esters is 1. The Balaban J connectivity index is 1.67. The SMILES string of the molecule is COC(=O)CCC(NC(=O)CNC(=O)C(CCCNC(=N)N)NC(=O)C1CCCN1C(=O)CNC(=O)C(C)N)C(=O)N1CC(O)CC1C(=O)NCC(=O)N1CCCC1C(C)=O. The molecule has 3 rings (SSSR count). The smallest absolute Gasteiger partial charge is 0.305 e. The Morgan fingerprint density at radius 1 is 0.770 bits per heavy atom. The van der Waals surface area contributed by atoms with Crippen LogP contribution in [0.25, 0.3) is 0 Å². The lowest BCUT2D eigenvalue weighted by Gasteiger charge is -2.29. The molecule has 7 unspecified atom stereocenters. The molecule has 24 heteroatoms. The fourth-order valence-corrected chi connectivity index (χ4v) is 7.36. The summed E-state index contributed by atoms with van der Waals surface area (Å²) in [6.45, 7) is 1.69. The Bertz CT molecular complexity index is 1680. The molecule has 24 nitrogen and oxygen atoms in total. The van der Waals surface area contributed by atoms with Crippen LogP contribution in [0.2, 0.25) is 0 Å². The number of rotatable bonds is 21. The number of nitrogens with two attached hydrogens (primary N) is 2. The fraction of sp³-hybridized carbons (Fsp3) is 0.703. The molecule has 0 radical (unpaired) electrons. The molecule has 12 N–H and O–H groups in total. The van der Waals surface area contributed by atoms with E-state index < -0.39 is 115 Å². The minimum absolute atomic E-state index is 0.00645. The van der Waals surface area contributed by atoms with Crippen molar-refractivity contribution in [1.29, 1.82) is 5.41 Å². The van der Waals surface area contributed by atoms with Gasteiger partial charge in [-0.1, -0.05) is 0 Å². The Labute approximate surface area is 352 Å². The quantitative estimate of drug-likeness (QED) is 0.0223. The van der Waals surface area contributed by atoms with Crippen LogP contribution in [0.15, 0.2) is 0 Å². The van der Waals surface area contributed by atoms with Crippen molar-refractivity contribution in [3.63, 3.8) is 0 Å². The van der Waals surface area contributed by atoms with E-state index in [0.717, 1.165) is 12.0 Å². The molecule has 3 aliphatic heterocycles. The first-order valence-corrected chi connectivity index (χ1v) is 20.3. The number of hydrogen-bond donors (Lipinski definition) is 10. The number of aliphatic hydroxyl groups is 1. The average Bonchev–Trinajstić information content (AvgIpc) is 4.00. The van der Waals surface area contributed by atoms with Crippen LogP contribution >= 0.6 is 0 Å². The molecular formula is C37H60N12O12. The van der Waals surface area contributed by atoms with Crippen LogP contribution in [0.4, 0.5) is 0 Å². The van der Waals surface area contributed by atoms with Crippen molar-refractivity contribution in [1.82, 2.24) is 46.6 Å². The Hall–Kier alpha value is -5.91. The zero-order valence-corrected chi connectivity index (χ0v) is 34.8. The lowest BCUT2D eigenvalue weighted by atomic mass is 10.1. The number of Topliss-reactive ketones (excluding diaryl/α,β-unsaturated/α-hetero) is 1. The van der Waals surface area contributed by atoms with E-state index in [0.29, 0.717) is 25.8 Å². The van der Waals surface area contributed by atoms with Crippen molar-refractivity contribution in [2.45, 2.75) is 114 Å². The molecule has 0 aliphatic carbocycles. The number of amides is 8. The predicted octanol–water partition coefficient (Wildman–Crippen LogP) is -5.60. The molecule has 3 heterocycles. The largest absolute Gasteiger partial charge is 0.469 e. The van der Waals surface area contributed by atoms with Gasteiger partial charge in [0.25, 0.3) is 0 Å². The van der Waals surface area contributed by atoms with E-state index in [9.17, 15) is 53.1 Å². The third-order valence-corrected chi connectivity index (χ3v) is 10.6. The van der Waals surface area contributed by atoms with Gasteiger partial charge in [-0.05, 0) is 58.8 Å². The van der Waals surface area contributed by atoms with Crippen LogP contribution in [-0.2, 0) is 52.7 Å². The number of aliphatic hydroxyl groups excluding tert-OH is 1. The summed E-state index contributed by atoms with van der Waals surface area (Å²) in [6, 6.07) is -6.34. The molecule has 0 saturated carbocycles. The normalized spacial score (nSPS) is 21.0. The molecule has 0 aromatic heterocycles. The van der Waals surface area contributed by atoms with Gasteiger partial charge in [-0.2, -0.15) is 0 Å². The highest BCUT2D eigenvalue weighted by atomic mass is 16.5. The Morgan fingerprint density at radius 3 is 1.98 bits per heavy atom. The summed E-state index contributed by atoms with van der Waals surface area (Å²) in [5.74, 6) is -6.73. The van der Waals surface area contributed by atoms with Gasteiger partial charge in [-0.25, -0.2) is 0 Å². The van der Waals surface area contributed by atoms with Crippen LogP contribution in [0.5, 0.6) is 0 Å². The molecular weight excluding hydrogens is 804 g/mol. The standard InChI is InChI=1S/C37H60N12O12/c1-20(38)32(56)43-17-30(54)48-14-6-9-26(48)35(59)46-23(7-4-12-41-37(39)40)33(57)42-16-28(52)45-24(10-11-31(55)61-3)36(60)49-19-22(51)15-27(49)34(58)44-18-29(53)47-13-5-8-25(47)21(2)50/h20,22-27,51H,4-19,38H2,1-3H3,(H,42,57)(H,43,56)(H,44,58)(H,45,52)(H,46,59)(H4,39,40,41). The molecule has 0 aromatic rings. The summed E-state index contributed by atoms with van der Waals surface area (Å²) in [4.78, 5) is 133. The number of hydrogen-bond acceptors (Lipinski definition) is 14. The van der Waals surface area contributed by atoms with Gasteiger partial charge in [-0.3, -0.25) is 53.4 Å². The molecule has 0 bridgehead atoms. The zero-order chi connectivity index (χ0) is 45.4. The maximum Gasteiger partial charge on any atom is 0.305 e. The number of ketones is 1. The maximum absolute atomic E-state index is 13.9. The van der Waals surface area contributed by atoms with Gasteiger partial charge in [0.05, 0.1) is 44.9 Å². The van der Waals surface area contributed by atoms with Gasteiger partial charge in [-0.15, -0.1) is 0 Å². The molecule has 0 aromatic carbocycles. The second-order valence-corrected chi connectivity index (χ2v) is 15.2. The maximum atomic E-state index is 13.9. The summed E-state index contributed by atoms with van der Waals surface area (Å²) in [6.07, 6.45) is 0.164. The minimum atomic E-state index is -1.44. The lowest BCUT2D eigenvalue weighted by Crippen LogP contribution is -2.57. The van der Waals surface area contributed by atoms with Crippen LogP contribution in [0.1, 0.15) is 71.6 Å². The number of ether oxygens (including phenoxy) is 1. The Morgan fingerprint density at radius 2 is 1.38 bits per heavy atom. The minimum Gasteiger partial charge on any atom is -0.469 e. The van der Waals surface area contributed by atoms with Crippen molar-refractivity contribution in [2.75, 3.05) is 52.9 Å². The van der Waals surface area contributed by atoms with Gasteiger partial charge >= 0.3 is 5.97 Å². The van der Waals surface area contributed by atoms with Gasteiger partial charge in [0.15, 0.2) is 11.7 Å². The van der Waals surface area contributed by atoms with Crippen molar-refractivity contribution in [2.24, 2.45) is 11.5 Å². The first-order chi connectivity index (χ1) is 28.8. The van der Waals surface area contributed by atoms with Gasteiger partial charge in [0.1, 0.15) is 24.2 Å². The van der Waals surface area contributed by atoms with Crippen molar-refractivity contribution < 1.29 is 57.8 Å². The second kappa shape index (κ2) is 23.8. The van der Waals surface area contributed by atoms with E-state index in [4.69, 9.17) is 16.9 Å².